The number of aliphatic imine (C=N–C) groups is 1. The highest BCUT2D eigenvalue weighted by Gasteiger charge is 2.57. The van der Waals surface area contributed by atoms with Crippen molar-refractivity contribution in [3.05, 3.63) is 57.6 Å². The highest BCUT2D eigenvalue weighted by molar-refractivity contribution is 7.77. The molecule has 2 aromatic carbocycles. The van der Waals surface area contributed by atoms with Crippen LogP contribution in [0.15, 0.2) is 29.3 Å². The molecule has 1 heterocycles. The highest BCUT2D eigenvalue weighted by Crippen LogP contribution is 2.68. The van der Waals surface area contributed by atoms with E-state index in [1.807, 2.05) is 0 Å². The van der Waals surface area contributed by atoms with Gasteiger partial charge in [0.1, 0.15) is 5.75 Å². The number of nitrogens with zero attached hydrogens (tertiary/aromatic N) is 1. The third kappa shape index (κ3) is 5.50. The van der Waals surface area contributed by atoms with Crippen LogP contribution in [0.2, 0.25) is 0 Å². The van der Waals surface area contributed by atoms with Crippen molar-refractivity contribution in [3.8, 4) is 5.75 Å². The molecule has 2 nitrogen and oxygen atoms in total. The summed E-state index contributed by atoms with van der Waals surface area (Å²) in [6.07, 6.45) is 2.13. The Balaban J connectivity index is 2.55. The first-order valence-corrected chi connectivity index (χ1v) is 15.9. The molecular formula is C35H54NOP. The van der Waals surface area contributed by atoms with E-state index in [0.717, 1.165) is 29.4 Å². The molecule has 210 valence electrons. The second kappa shape index (κ2) is 9.76. The Labute approximate surface area is 235 Å². The van der Waals surface area contributed by atoms with Crippen molar-refractivity contribution in [1.29, 1.82) is 0 Å². The molecule has 3 heteroatoms. The van der Waals surface area contributed by atoms with Gasteiger partial charge in [0.2, 0.25) is 0 Å². The van der Waals surface area contributed by atoms with E-state index in [9.17, 15) is 5.11 Å². The van der Waals surface area contributed by atoms with Crippen molar-refractivity contribution in [2.45, 2.75) is 132 Å². The zero-order valence-electron chi connectivity index (χ0n) is 27.1. The first-order chi connectivity index (χ1) is 17.0. The van der Waals surface area contributed by atoms with E-state index in [1.54, 1.807) is 0 Å². The zero-order valence-corrected chi connectivity index (χ0v) is 28.0. The first kappa shape index (κ1) is 30.9. The molecule has 0 spiro atoms. The fourth-order valence-electron chi connectivity index (χ4n) is 6.33. The highest BCUT2D eigenvalue weighted by atomic mass is 31.1. The molecule has 1 fully saturated rings. The first-order valence-electron chi connectivity index (χ1n) is 14.3. The van der Waals surface area contributed by atoms with Gasteiger partial charge in [0.25, 0.3) is 0 Å². The average Bonchev–Trinajstić information content (AvgIpc) is 3.09. The minimum Gasteiger partial charge on any atom is -0.507 e. The second-order valence-corrected chi connectivity index (χ2v) is 18.9. The summed E-state index contributed by atoms with van der Waals surface area (Å²) in [4.78, 5) is 5.70. The Morgan fingerprint density at radius 1 is 0.763 bits per heavy atom. The summed E-state index contributed by atoms with van der Waals surface area (Å²) in [6, 6.07) is 9.10. The van der Waals surface area contributed by atoms with Gasteiger partial charge in [-0.25, -0.2) is 0 Å². The number of aryl methyl sites for hydroxylation is 3. The van der Waals surface area contributed by atoms with Gasteiger partial charge in [-0.1, -0.05) is 121 Å². The van der Waals surface area contributed by atoms with Gasteiger partial charge in [-0.2, -0.15) is 0 Å². The molecule has 1 aliphatic heterocycles. The van der Waals surface area contributed by atoms with Crippen LogP contribution < -0.4 is 0 Å². The Bertz CT molecular complexity index is 1220. The van der Waals surface area contributed by atoms with Gasteiger partial charge in [0.15, 0.2) is 0 Å². The molecule has 0 aromatic heterocycles. The van der Waals surface area contributed by atoms with E-state index >= 15 is 0 Å². The van der Waals surface area contributed by atoms with Gasteiger partial charge in [0.05, 0.1) is 11.1 Å². The largest absolute Gasteiger partial charge is 0.507 e. The minimum absolute atomic E-state index is 0.0314. The molecule has 1 N–H and O–H groups in total. The number of hydrogen-bond donors (Lipinski definition) is 1. The van der Waals surface area contributed by atoms with Crippen molar-refractivity contribution in [3.63, 3.8) is 0 Å². The predicted molar refractivity (Wildman–Crippen MR) is 171 cm³/mol. The molecular weight excluding hydrogens is 481 g/mol. The molecule has 0 amide bonds. The number of benzene rings is 2. The number of rotatable bonds is 2. The molecule has 38 heavy (non-hydrogen) atoms. The smallest absolute Gasteiger partial charge is 0.123 e. The zero-order chi connectivity index (χ0) is 29.2. The monoisotopic (exact) mass is 535 g/mol. The number of hydrogen-bond acceptors (Lipinski definition) is 2. The summed E-state index contributed by atoms with van der Waals surface area (Å²) in [5.74, 6) is 0.469. The van der Waals surface area contributed by atoms with Crippen LogP contribution in [-0.4, -0.2) is 21.9 Å². The summed E-state index contributed by atoms with van der Waals surface area (Å²) < 4.78 is 0. The maximum absolute atomic E-state index is 12.2. The molecule has 2 unspecified atom stereocenters. The topological polar surface area (TPSA) is 32.6 Å². The Morgan fingerprint density at radius 2 is 1.29 bits per heavy atom. The molecule has 3 rings (SSSR count). The van der Waals surface area contributed by atoms with Gasteiger partial charge in [-0.3, -0.25) is 4.99 Å². The van der Waals surface area contributed by atoms with E-state index in [2.05, 4.69) is 128 Å². The average molecular weight is 536 g/mol. The predicted octanol–water partition coefficient (Wildman–Crippen LogP) is 10.6. The molecule has 0 saturated carbocycles. The van der Waals surface area contributed by atoms with E-state index in [-0.39, 0.29) is 26.8 Å². The van der Waals surface area contributed by atoms with Crippen LogP contribution in [0.4, 0.5) is 5.69 Å². The van der Waals surface area contributed by atoms with E-state index in [4.69, 9.17) is 4.99 Å². The molecule has 1 saturated heterocycles. The van der Waals surface area contributed by atoms with Crippen molar-refractivity contribution in [2.24, 2.45) is 10.4 Å². The molecule has 2 atom stereocenters. The van der Waals surface area contributed by atoms with Gasteiger partial charge < -0.3 is 5.11 Å². The van der Waals surface area contributed by atoms with E-state index in [0.29, 0.717) is 5.75 Å². The van der Waals surface area contributed by atoms with E-state index in [1.165, 1.54) is 27.7 Å². The fourth-order valence-corrected chi connectivity index (χ4v) is 9.65. The van der Waals surface area contributed by atoms with Crippen molar-refractivity contribution in [1.82, 2.24) is 0 Å². The van der Waals surface area contributed by atoms with Crippen LogP contribution in [0.25, 0.3) is 0 Å². The van der Waals surface area contributed by atoms with Crippen molar-refractivity contribution >= 4 is 19.1 Å². The number of phenols is 1. The van der Waals surface area contributed by atoms with Gasteiger partial charge in [0, 0.05) is 11.0 Å². The molecule has 2 aromatic rings. The maximum Gasteiger partial charge on any atom is 0.123 e. The second-order valence-electron chi connectivity index (χ2n) is 15.8. The van der Waals surface area contributed by atoms with Gasteiger partial charge in [-0.15, -0.1) is 0 Å². The summed E-state index contributed by atoms with van der Waals surface area (Å²) in [7, 11) is -0.530. The molecule has 0 bridgehead atoms. The third-order valence-electron chi connectivity index (χ3n) is 8.53. The lowest BCUT2D eigenvalue weighted by Gasteiger charge is -2.46. The van der Waals surface area contributed by atoms with Gasteiger partial charge >= 0.3 is 0 Å². The Hall–Kier alpha value is -1.66. The summed E-state index contributed by atoms with van der Waals surface area (Å²) >= 11 is 0. The van der Waals surface area contributed by atoms with Crippen LogP contribution in [0.5, 0.6) is 5.75 Å². The summed E-state index contributed by atoms with van der Waals surface area (Å²) in [5.41, 5.74) is 8.87. The van der Waals surface area contributed by atoms with Crippen LogP contribution in [0, 0.1) is 26.2 Å². The Morgan fingerprint density at radius 3 is 1.71 bits per heavy atom. The lowest BCUT2D eigenvalue weighted by Crippen LogP contribution is -2.44. The minimum atomic E-state index is -0.530. The van der Waals surface area contributed by atoms with Crippen LogP contribution in [-0.2, 0) is 16.2 Å². The summed E-state index contributed by atoms with van der Waals surface area (Å²) in [6.45, 7) is 34.3. The van der Waals surface area contributed by atoms with Crippen molar-refractivity contribution in [2.75, 3.05) is 6.16 Å². The van der Waals surface area contributed by atoms with E-state index < -0.39 is 7.92 Å². The molecule has 0 radical (unpaired) electrons. The number of aromatic hydroxyl groups is 1. The lowest BCUT2D eigenvalue weighted by atomic mass is 9.60. The standard InChI is InChI=1S/C35H54NOP/c1-22-18-23(2)28(24(3)19-22)36-30-35(33(10,11)12,16-17-38(30)34(13,14)15)27-21-25(31(4,5)6)20-26(29(27)37)32(7,8)9/h18-21,37H,16-17H2,1-15H3. The maximum atomic E-state index is 12.2. The van der Waals surface area contributed by atoms with Crippen molar-refractivity contribution < 1.29 is 5.11 Å². The normalized spacial score (nSPS) is 22.4. The van der Waals surface area contributed by atoms with Crippen LogP contribution >= 0.6 is 7.92 Å². The van der Waals surface area contributed by atoms with Crippen LogP contribution in [0.3, 0.4) is 0 Å². The van der Waals surface area contributed by atoms with Gasteiger partial charge in [-0.05, 0) is 77.0 Å². The lowest BCUT2D eigenvalue weighted by molar-refractivity contribution is 0.251. The fraction of sp³-hybridized carbons (Fsp3) is 0.629. The quantitative estimate of drug-likeness (QED) is 0.381. The molecule has 0 aliphatic carbocycles. The third-order valence-corrected chi connectivity index (χ3v) is 11.8. The Kier molecular flexibility index (Phi) is 7.93. The summed E-state index contributed by atoms with van der Waals surface area (Å²) in [5, 5.41) is 12.3. The molecule has 1 aliphatic rings. The number of phenolic OH excluding ortho intramolecular Hbond substituents is 1. The van der Waals surface area contributed by atoms with Crippen LogP contribution in [0.1, 0.15) is 123 Å². The SMILES string of the molecule is Cc1cc(C)c(N=C2P(C(C)(C)C)CCC2(c2cc(C(C)(C)C)cc(C(C)(C)C)c2O)C(C)(C)C)c(C)c1.